The summed E-state index contributed by atoms with van der Waals surface area (Å²) in [5.74, 6) is 0.671. The molecule has 66 valence electrons. The summed E-state index contributed by atoms with van der Waals surface area (Å²) in [6.07, 6.45) is 1.58. The second-order valence-electron chi connectivity index (χ2n) is 2.35. The van der Waals surface area contributed by atoms with Crippen LogP contribution in [0.25, 0.3) is 11.5 Å². The molecule has 0 fully saturated rings. The van der Waals surface area contributed by atoms with Gasteiger partial charge in [-0.2, -0.15) is 0 Å². The Balaban J connectivity index is 2.49. The minimum Gasteiger partial charge on any atom is -0.463 e. The summed E-state index contributed by atoms with van der Waals surface area (Å²) in [4.78, 5) is 0. The minimum absolute atomic E-state index is 0.343. The highest BCUT2D eigenvalue weighted by molar-refractivity contribution is 9.10. The molecular formula is C8H4BrClN2O. The van der Waals surface area contributed by atoms with Crippen molar-refractivity contribution in [2.24, 2.45) is 0 Å². The summed E-state index contributed by atoms with van der Waals surface area (Å²) in [5, 5.41) is 7.96. The van der Waals surface area contributed by atoms with Crippen LogP contribution in [0.3, 0.4) is 0 Å². The van der Waals surface area contributed by atoms with Gasteiger partial charge in [0.15, 0.2) is 10.9 Å². The van der Waals surface area contributed by atoms with E-state index < -0.39 is 0 Å². The Labute approximate surface area is 87.9 Å². The maximum Gasteiger partial charge on any atom is 0.165 e. The molecule has 0 atom stereocenters. The summed E-state index contributed by atoms with van der Waals surface area (Å²) >= 11 is 8.95. The van der Waals surface area contributed by atoms with Crippen molar-refractivity contribution < 1.29 is 4.42 Å². The lowest BCUT2D eigenvalue weighted by Gasteiger charge is -1.96. The van der Waals surface area contributed by atoms with Gasteiger partial charge in [0, 0.05) is 0 Å². The van der Waals surface area contributed by atoms with Gasteiger partial charge in [-0.15, -0.1) is 10.2 Å². The fraction of sp³-hybridized carbons (Fsp3) is 0. The predicted octanol–water partition coefficient (Wildman–Crippen LogP) is 3.15. The normalized spacial score (nSPS) is 10.3. The van der Waals surface area contributed by atoms with Crippen molar-refractivity contribution in [3.05, 3.63) is 34.1 Å². The second-order valence-corrected chi connectivity index (χ2v) is 3.56. The van der Waals surface area contributed by atoms with Crippen LogP contribution in [0.15, 0.2) is 33.4 Å². The van der Waals surface area contributed by atoms with E-state index in [2.05, 4.69) is 26.1 Å². The van der Waals surface area contributed by atoms with Crippen LogP contribution in [0, 0.1) is 0 Å². The average molecular weight is 259 g/mol. The molecule has 0 radical (unpaired) electrons. The molecule has 2 aromatic heterocycles. The van der Waals surface area contributed by atoms with Crippen LogP contribution < -0.4 is 0 Å². The minimum atomic E-state index is 0.343. The fourth-order valence-corrected chi connectivity index (χ4v) is 1.29. The molecule has 2 aromatic rings. The van der Waals surface area contributed by atoms with Gasteiger partial charge in [-0.3, -0.25) is 0 Å². The SMILES string of the molecule is Clc1nnc(-c2ccco2)cc1Br. The summed E-state index contributed by atoms with van der Waals surface area (Å²) in [6, 6.07) is 5.36. The predicted molar refractivity (Wildman–Crippen MR) is 52.4 cm³/mol. The largest absolute Gasteiger partial charge is 0.463 e. The van der Waals surface area contributed by atoms with E-state index in [0.717, 1.165) is 0 Å². The third-order valence-corrected chi connectivity index (χ3v) is 2.59. The molecule has 0 amide bonds. The first-order valence-corrected chi connectivity index (χ1v) is 4.67. The number of furan rings is 1. The molecule has 0 aliphatic heterocycles. The highest BCUT2D eigenvalue weighted by Gasteiger charge is 2.06. The van der Waals surface area contributed by atoms with Crippen LogP contribution in [-0.2, 0) is 0 Å². The molecule has 0 spiro atoms. The van der Waals surface area contributed by atoms with E-state index in [9.17, 15) is 0 Å². The summed E-state index contributed by atoms with van der Waals surface area (Å²) < 4.78 is 5.85. The standard InChI is InChI=1S/C8H4BrClN2O/c9-5-4-6(11-12-8(5)10)7-2-1-3-13-7/h1-4H. The average Bonchev–Trinajstić information content (AvgIpc) is 2.62. The van der Waals surface area contributed by atoms with Crippen LogP contribution in [0.5, 0.6) is 0 Å². The molecule has 0 aliphatic rings. The van der Waals surface area contributed by atoms with Crippen molar-refractivity contribution in [2.75, 3.05) is 0 Å². The molecule has 0 bridgehead atoms. The molecule has 0 aromatic carbocycles. The van der Waals surface area contributed by atoms with Crippen LogP contribution in [-0.4, -0.2) is 10.2 Å². The van der Waals surface area contributed by atoms with Gasteiger partial charge < -0.3 is 4.42 Å². The quantitative estimate of drug-likeness (QED) is 0.790. The lowest BCUT2D eigenvalue weighted by atomic mass is 10.3. The maximum absolute atomic E-state index is 5.69. The smallest absolute Gasteiger partial charge is 0.165 e. The Morgan fingerprint density at radius 1 is 1.38 bits per heavy atom. The summed E-state index contributed by atoms with van der Waals surface area (Å²) in [5.41, 5.74) is 0.654. The zero-order chi connectivity index (χ0) is 9.26. The Morgan fingerprint density at radius 3 is 2.85 bits per heavy atom. The second kappa shape index (κ2) is 3.47. The Kier molecular flexibility index (Phi) is 2.33. The van der Waals surface area contributed by atoms with Gasteiger partial charge in [-0.25, -0.2) is 0 Å². The molecule has 0 aliphatic carbocycles. The number of hydrogen-bond acceptors (Lipinski definition) is 3. The first-order valence-electron chi connectivity index (χ1n) is 3.50. The van der Waals surface area contributed by atoms with E-state index in [-0.39, 0.29) is 0 Å². The number of aromatic nitrogens is 2. The molecule has 0 unspecified atom stereocenters. The lowest BCUT2D eigenvalue weighted by molar-refractivity contribution is 0.578. The number of nitrogens with zero attached hydrogens (tertiary/aromatic N) is 2. The highest BCUT2D eigenvalue weighted by atomic mass is 79.9. The lowest BCUT2D eigenvalue weighted by Crippen LogP contribution is -1.87. The first kappa shape index (κ1) is 8.72. The monoisotopic (exact) mass is 258 g/mol. The Hall–Kier alpha value is -0.870. The van der Waals surface area contributed by atoms with Crippen LogP contribution in [0.1, 0.15) is 0 Å². The van der Waals surface area contributed by atoms with Gasteiger partial charge in [0.1, 0.15) is 5.69 Å². The van der Waals surface area contributed by atoms with Gasteiger partial charge in [0.25, 0.3) is 0 Å². The van der Waals surface area contributed by atoms with Gasteiger partial charge in [0.2, 0.25) is 0 Å². The van der Waals surface area contributed by atoms with Crippen LogP contribution in [0.2, 0.25) is 5.15 Å². The van der Waals surface area contributed by atoms with Crippen molar-refractivity contribution in [1.29, 1.82) is 0 Å². The molecule has 5 heteroatoms. The van der Waals surface area contributed by atoms with Crippen molar-refractivity contribution in [3.8, 4) is 11.5 Å². The Bertz CT molecular complexity index is 416. The maximum atomic E-state index is 5.69. The van der Waals surface area contributed by atoms with E-state index in [0.29, 0.717) is 21.1 Å². The van der Waals surface area contributed by atoms with Crippen molar-refractivity contribution in [1.82, 2.24) is 10.2 Å². The van der Waals surface area contributed by atoms with E-state index >= 15 is 0 Å². The van der Waals surface area contributed by atoms with E-state index in [4.69, 9.17) is 16.0 Å². The van der Waals surface area contributed by atoms with Gasteiger partial charge in [-0.05, 0) is 34.1 Å². The van der Waals surface area contributed by atoms with Crippen molar-refractivity contribution in [3.63, 3.8) is 0 Å². The molecule has 13 heavy (non-hydrogen) atoms. The summed E-state index contributed by atoms with van der Waals surface area (Å²) in [7, 11) is 0. The molecular weight excluding hydrogens is 255 g/mol. The summed E-state index contributed by atoms with van der Waals surface area (Å²) in [6.45, 7) is 0. The molecule has 0 N–H and O–H groups in total. The third kappa shape index (κ3) is 1.73. The van der Waals surface area contributed by atoms with Gasteiger partial charge >= 0.3 is 0 Å². The first-order chi connectivity index (χ1) is 6.27. The van der Waals surface area contributed by atoms with Gasteiger partial charge in [0.05, 0.1) is 10.7 Å². The Morgan fingerprint density at radius 2 is 2.23 bits per heavy atom. The highest BCUT2D eigenvalue weighted by Crippen LogP contribution is 2.24. The zero-order valence-electron chi connectivity index (χ0n) is 6.37. The van der Waals surface area contributed by atoms with Gasteiger partial charge in [-0.1, -0.05) is 11.6 Å². The molecule has 2 heterocycles. The van der Waals surface area contributed by atoms with Crippen molar-refractivity contribution >= 4 is 27.5 Å². The molecule has 0 saturated heterocycles. The number of halogens is 2. The zero-order valence-corrected chi connectivity index (χ0v) is 8.71. The van der Waals surface area contributed by atoms with E-state index in [1.165, 1.54) is 0 Å². The van der Waals surface area contributed by atoms with E-state index in [1.54, 1.807) is 18.4 Å². The molecule has 3 nitrogen and oxygen atoms in total. The van der Waals surface area contributed by atoms with E-state index in [1.807, 2.05) is 6.07 Å². The number of hydrogen-bond donors (Lipinski definition) is 0. The third-order valence-electron chi connectivity index (χ3n) is 1.48. The molecule has 0 saturated carbocycles. The topological polar surface area (TPSA) is 38.9 Å². The van der Waals surface area contributed by atoms with Crippen LogP contribution in [0.4, 0.5) is 0 Å². The van der Waals surface area contributed by atoms with Crippen molar-refractivity contribution in [2.45, 2.75) is 0 Å². The van der Waals surface area contributed by atoms with Crippen LogP contribution >= 0.6 is 27.5 Å². The number of rotatable bonds is 1. The molecule has 2 rings (SSSR count). The fourth-order valence-electron chi connectivity index (χ4n) is 0.899.